The number of nitrogens with one attached hydrogen (secondary N) is 4. The minimum atomic E-state index is -1.08. The predicted octanol–water partition coefficient (Wildman–Crippen LogP) is -1.12. The standard InChI is InChI=1S/C11H18N2O6.2C5H9NO3/c1-11(2,12-7(14)3-5-9(16)17)13-8(15)4-6-10(18)19;2*1-6-4(7)2-3-5(8)9/h3-6H2,1-2H3,(H,12,14)(H,13,15)(H,16,17)(H,18,19);2*2-3H2,1H3,(H,6,7)(H,8,9). The number of hydrogen-bond acceptors (Lipinski definition) is 8. The van der Waals surface area contributed by atoms with Gasteiger partial charge in [0, 0.05) is 39.8 Å². The highest BCUT2D eigenvalue weighted by atomic mass is 16.4. The van der Waals surface area contributed by atoms with Gasteiger partial charge in [-0.1, -0.05) is 0 Å². The molecule has 16 nitrogen and oxygen atoms in total. The lowest BCUT2D eigenvalue weighted by Gasteiger charge is -2.27. The number of carboxylic acids is 4. The quantitative estimate of drug-likeness (QED) is 0.123. The summed E-state index contributed by atoms with van der Waals surface area (Å²) < 4.78 is 0. The molecule has 0 bridgehead atoms. The van der Waals surface area contributed by atoms with Gasteiger partial charge in [0.25, 0.3) is 0 Å². The summed E-state index contributed by atoms with van der Waals surface area (Å²) >= 11 is 0. The van der Waals surface area contributed by atoms with Crippen LogP contribution in [-0.4, -0.2) is 87.7 Å². The van der Waals surface area contributed by atoms with Crippen LogP contribution in [0, 0.1) is 0 Å². The van der Waals surface area contributed by atoms with Gasteiger partial charge in [-0.25, -0.2) is 0 Å². The number of carboxylic acid groups (broad SMARTS) is 4. The van der Waals surface area contributed by atoms with E-state index in [2.05, 4.69) is 21.3 Å². The van der Waals surface area contributed by atoms with Gasteiger partial charge in [-0.05, 0) is 13.8 Å². The molecule has 0 aromatic heterocycles. The molecule has 0 rings (SSSR count). The first-order valence-electron chi connectivity index (χ1n) is 10.9. The third kappa shape index (κ3) is 31.8. The number of rotatable bonds is 14. The molecule has 8 N–H and O–H groups in total. The second-order valence-corrected chi connectivity index (χ2v) is 7.64. The molecule has 0 saturated heterocycles. The van der Waals surface area contributed by atoms with E-state index in [-0.39, 0.29) is 63.2 Å². The molecule has 0 aliphatic heterocycles. The highest BCUT2D eigenvalue weighted by Crippen LogP contribution is 2.01. The van der Waals surface area contributed by atoms with Crippen molar-refractivity contribution in [2.45, 2.75) is 70.9 Å². The lowest BCUT2D eigenvalue weighted by molar-refractivity contribution is -0.139. The maximum Gasteiger partial charge on any atom is 0.303 e. The molecule has 37 heavy (non-hydrogen) atoms. The fourth-order valence-electron chi connectivity index (χ4n) is 1.99. The van der Waals surface area contributed by atoms with Crippen LogP contribution >= 0.6 is 0 Å². The molecular formula is C21H36N4O12. The molecule has 0 heterocycles. The summed E-state index contributed by atoms with van der Waals surface area (Å²) in [5, 5.41) is 42.5. The molecule has 0 spiro atoms. The third-order valence-electron chi connectivity index (χ3n) is 3.73. The SMILES string of the molecule is CC(C)(NC(=O)CCC(=O)O)NC(=O)CCC(=O)O.CNC(=O)CCC(=O)O.CNC(=O)CCC(=O)O. The maximum absolute atomic E-state index is 11.4. The van der Waals surface area contributed by atoms with E-state index in [1.54, 1.807) is 0 Å². The molecule has 0 saturated carbocycles. The van der Waals surface area contributed by atoms with E-state index in [0.717, 1.165) is 0 Å². The zero-order chi connectivity index (χ0) is 29.6. The summed E-state index contributed by atoms with van der Waals surface area (Å²) in [5.41, 5.74) is -1.06. The third-order valence-corrected chi connectivity index (χ3v) is 3.73. The first kappa shape index (κ1) is 37.3. The van der Waals surface area contributed by atoms with Gasteiger partial charge in [0.1, 0.15) is 5.66 Å². The number of amides is 4. The summed E-state index contributed by atoms with van der Waals surface area (Å²) in [6.07, 6.45) is -1.05. The average Bonchev–Trinajstić information content (AvgIpc) is 2.78. The van der Waals surface area contributed by atoms with Crippen molar-refractivity contribution < 1.29 is 58.8 Å². The van der Waals surface area contributed by atoms with Crippen LogP contribution in [0.3, 0.4) is 0 Å². The van der Waals surface area contributed by atoms with Crippen LogP contribution in [0.2, 0.25) is 0 Å². The summed E-state index contributed by atoms with van der Waals surface area (Å²) in [7, 11) is 2.95. The van der Waals surface area contributed by atoms with Crippen LogP contribution in [-0.2, 0) is 38.4 Å². The molecule has 0 atom stereocenters. The van der Waals surface area contributed by atoms with Gasteiger partial charge in [-0.2, -0.15) is 0 Å². The number of aliphatic carboxylic acids is 4. The first-order chi connectivity index (χ1) is 16.9. The Morgan fingerprint density at radius 2 is 0.676 bits per heavy atom. The van der Waals surface area contributed by atoms with Crippen LogP contribution in [0.4, 0.5) is 0 Å². The van der Waals surface area contributed by atoms with E-state index in [1.807, 2.05) is 0 Å². The largest absolute Gasteiger partial charge is 0.481 e. The molecule has 212 valence electrons. The lowest BCUT2D eigenvalue weighted by atomic mass is 10.2. The van der Waals surface area contributed by atoms with Crippen molar-refractivity contribution >= 4 is 47.5 Å². The lowest BCUT2D eigenvalue weighted by Crippen LogP contribution is -2.56. The van der Waals surface area contributed by atoms with Gasteiger partial charge in [0.05, 0.1) is 25.7 Å². The van der Waals surface area contributed by atoms with Crippen molar-refractivity contribution in [3.8, 4) is 0 Å². The minimum Gasteiger partial charge on any atom is -0.481 e. The van der Waals surface area contributed by atoms with Crippen LogP contribution in [0.5, 0.6) is 0 Å². The molecule has 0 radical (unpaired) electrons. The van der Waals surface area contributed by atoms with Crippen molar-refractivity contribution in [3.63, 3.8) is 0 Å². The molecule has 0 aliphatic carbocycles. The van der Waals surface area contributed by atoms with Gasteiger partial charge in [0.2, 0.25) is 23.6 Å². The summed E-state index contributed by atoms with van der Waals surface area (Å²) in [6, 6.07) is 0. The van der Waals surface area contributed by atoms with E-state index in [4.69, 9.17) is 20.4 Å². The molecule has 0 fully saturated rings. The van der Waals surface area contributed by atoms with E-state index in [1.165, 1.54) is 27.9 Å². The van der Waals surface area contributed by atoms with Crippen LogP contribution in [0.1, 0.15) is 65.2 Å². The molecule has 16 heteroatoms. The normalized spacial score (nSPS) is 9.62. The Hall–Kier alpha value is -4.24. The Morgan fingerprint density at radius 1 is 0.459 bits per heavy atom. The summed E-state index contributed by atoms with van der Waals surface area (Å²) in [5.74, 6) is -5.55. The van der Waals surface area contributed by atoms with Crippen molar-refractivity contribution in [2.24, 2.45) is 0 Å². The Kier molecular flexibility index (Phi) is 21.3. The smallest absolute Gasteiger partial charge is 0.303 e. The van der Waals surface area contributed by atoms with E-state index < -0.39 is 41.4 Å². The number of carbonyl (C=O) groups excluding carboxylic acids is 4. The maximum atomic E-state index is 11.4. The zero-order valence-electron chi connectivity index (χ0n) is 21.2. The van der Waals surface area contributed by atoms with Crippen LogP contribution in [0.25, 0.3) is 0 Å². The van der Waals surface area contributed by atoms with Crippen molar-refractivity contribution in [1.82, 2.24) is 21.3 Å². The molecule has 0 aromatic rings. The minimum absolute atomic E-state index is 0.0613. The van der Waals surface area contributed by atoms with Crippen molar-refractivity contribution in [2.75, 3.05) is 14.1 Å². The Morgan fingerprint density at radius 3 is 0.865 bits per heavy atom. The van der Waals surface area contributed by atoms with Gasteiger partial charge in [-0.15, -0.1) is 0 Å². The first-order valence-corrected chi connectivity index (χ1v) is 10.9. The van der Waals surface area contributed by atoms with Crippen molar-refractivity contribution in [1.29, 1.82) is 0 Å². The average molecular weight is 537 g/mol. The number of carbonyl (C=O) groups is 8. The van der Waals surface area contributed by atoms with E-state index >= 15 is 0 Å². The molecule has 0 aliphatic rings. The van der Waals surface area contributed by atoms with E-state index in [9.17, 15) is 38.4 Å². The fraction of sp³-hybridized carbons (Fsp3) is 0.619. The Labute approximate surface area is 213 Å². The van der Waals surface area contributed by atoms with Crippen LogP contribution in [0.15, 0.2) is 0 Å². The summed E-state index contributed by atoms with van der Waals surface area (Å²) in [4.78, 5) is 83.7. The van der Waals surface area contributed by atoms with Crippen molar-refractivity contribution in [3.05, 3.63) is 0 Å². The predicted molar refractivity (Wildman–Crippen MR) is 126 cm³/mol. The second kappa shape index (κ2) is 21.1. The second-order valence-electron chi connectivity index (χ2n) is 7.64. The zero-order valence-corrected chi connectivity index (χ0v) is 21.2. The van der Waals surface area contributed by atoms with Gasteiger partial charge in [-0.3, -0.25) is 38.4 Å². The van der Waals surface area contributed by atoms with E-state index in [0.29, 0.717) is 0 Å². The van der Waals surface area contributed by atoms with Gasteiger partial charge >= 0.3 is 23.9 Å². The molecule has 0 unspecified atom stereocenters. The van der Waals surface area contributed by atoms with Gasteiger partial charge in [0.15, 0.2) is 0 Å². The Balaban J connectivity index is -0.000000534. The molecular weight excluding hydrogens is 500 g/mol. The topological polar surface area (TPSA) is 266 Å². The number of hydrogen-bond donors (Lipinski definition) is 8. The van der Waals surface area contributed by atoms with Gasteiger partial charge < -0.3 is 41.7 Å². The highest BCUT2D eigenvalue weighted by Gasteiger charge is 2.22. The monoisotopic (exact) mass is 536 g/mol. The highest BCUT2D eigenvalue weighted by molar-refractivity contribution is 5.84. The summed E-state index contributed by atoms with van der Waals surface area (Å²) in [6.45, 7) is 3.04. The molecule has 4 amide bonds. The Bertz CT molecular complexity index is 747. The van der Waals surface area contributed by atoms with Crippen LogP contribution < -0.4 is 21.3 Å². The molecule has 0 aromatic carbocycles. The fourth-order valence-corrected chi connectivity index (χ4v) is 1.99.